The predicted octanol–water partition coefficient (Wildman–Crippen LogP) is 3.72. The number of benzene rings is 1. The summed E-state index contributed by atoms with van der Waals surface area (Å²) in [7, 11) is 0. The lowest BCUT2D eigenvalue weighted by molar-refractivity contribution is -0.161. The van der Waals surface area contributed by atoms with Gasteiger partial charge in [-0.05, 0) is 59.9 Å². The average molecular weight is 375 g/mol. The van der Waals surface area contributed by atoms with Gasteiger partial charge in [-0.3, -0.25) is 4.79 Å². The van der Waals surface area contributed by atoms with Crippen LogP contribution in [0.2, 0.25) is 0 Å². The highest BCUT2D eigenvalue weighted by Crippen LogP contribution is 2.31. The van der Waals surface area contributed by atoms with Gasteiger partial charge >= 0.3 is 12.1 Å². The molecule has 148 valence electrons. The lowest BCUT2D eigenvalue weighted by Gasteiger charge is -2.28. The van der Waals surface area contributed by atoms with Crippen LogP contribution in [0.15, 0.2) is 30.3 Å². The molecule has 0 radical (unpaired) electrons. The zero-order valence-electron chi connectivity index (χ0n) is 16.9. The molecule has 2 unspecified atom stereocenters. The van der Waals surface area contributed by atoms with Gasteiger partial charge in [-0.15, -0.1) is 0 Å². The van der Waals surface area contributed by atoms with Crippen LogP contribution in [0.3, 0.4) is 0 Å². The van der Waals surface area contributed by atoms with Crippen LogP contribution in [0.4, 0.5) is 4.79 Å². The zero-order chi connectivity index (χ0) is 20.4. The molecule has 6 heteroatoms. The lowest BCUT2D eigenvalue weighted by Crippen LogP contribution is -2.47. The second-order valence-electron chi connectivity index (χ2n) is 8.86. The van der Waals surface area contributed by atoms with Gasteiger partial charge in [-0.1, -0.05) is 30.3 Å². The molecule has 2 amide bonds. The van der Waals surface area contributed by atoms with E-state index in [0.717, 1.165) is 10.5 Å². The van der Waals surface area contributed by atoms with Crippen LogP contribution >= 0.6 is 0 Å². The minimum Gasteiger partial charge on any atom is -0.458 e. The number of hydrogen-bond donors (Lipinski definition) is 0. The predicted molar refractivity (Wildman–Crippen MR) is 101 cm³/mol. The molecule has 1 aromatic carbocycles. The Balaban J connectivity index is 2.26. The first-order chi connectivity index (χ1) is 12.4. The van der Waals surface area contributed by atoms with Crippen molar-refractivity contribution in [3.63, 3.8) is 0 Å². The van der Waals surface area contributed by atoms with Crippen LogP contribution in [-0.4, -0.2) is 40.1 Å². The van der Waals surface area contributed by atoms with E-state index in [4.69, 9.17) is 9.47 Å². The average Bonchev–Trinajstić information content (AvgIpc) is 2.82. The highest BCUT2D eigenvalue weighted by Gasteiger charge is 2.49. The summed E-state index contributed by atoms with van der Waals surface area (Å²) < 4.78 is 10.8. The molecule has 1 saturated heterocycles. The summed E-state index contributed by atoms with van der Waals surface area (Å²) in [5.74, 6) is -1.46. The number of esters is 1. The van der Waals surface area contributed by atoms with Gasteiger partial charge in [-0.2, -0.15) is 0 Å². The molecule has 0 saturated carbocycles. The first-order valence-corrected chi connectivity index (χ1v) is 9.20. The SMILES string of the molecule is CC(C)(C)OC(=O)C1CC(Cc2ccccc2)C(=O)N1C(=O)OC(C)(C)C. The van der Waals surface area contributed by atoms with E-state index in [1.165, 1.54) is 0 Å². The van der Waals surface area contributed by atoms with Gasteiger partial charge in [-0.25, -0.2) is 14.5 Å². The molecular formula is C21H29NO5. The zero-order valence-corrected chi connectivity index (χ0v) is 16.9. The maximum Gasteiger partial charge on any atom is 0.417 e. The van der Waals surface area contributed by atoms with E-state index >= 15 is 0 Å². The molecule has 0 bridgehead atoms. The molecular weight excluding hydrogens is 346 g/mol. The van der Waals surface area contributed by atoms with Gasteiger partial charge in [0.05, 0.1) is 0 Å². The minimum atomic E-state index is -0.972. The summed E-state index contributed by atoms with van der Waals surface area (Å²) in [5, 5.41) is 0. The van der Waals surface area contributed by atoms with Gasteiger partial charge in [0, 0.05) is 5.92 Å². The topological polar surface area (TPSA) is 72.9 Å². The van der Waals surface area contributed by atoms with Crippen LogP contribution in [0.5, 0.6) is 0 Å². The molecule has 6 nitrogen and oxygen atoms in total. The highest BCUT2D eigenvalue weighted by atomic mass is 16.6. The standard InChI is InChI=1S/C21H29NO5/c1-20(2,3)26-18(24)16-13-15(12-14-10-8-7-9-11-14)17(23)22(16)19(25)27-21(4,5)6/h7-11,15-16H,12-13H2,1-6H3. The maximum absolute atomic E-state index is 12.9. The third-order valence-corrected chi connectivity index (χ3v) is 4.00. The highest BCUT2D eigenvalue weighted by molar-refractivity contribution is 6.00. The summed E-state index contributed by atoms with van der Waals surface area (Å²) in [6.45, 7) is 10.4. The van der Waals surface area contributed by atoms with E-state index in [2.05, 4.69) is 0 Å². The van der Waals surface area contributed by atoms with Crippen molar-refractivity contribution in [1.29, 1.82) is 0 Å². The first kappa shape index (κ1) is 20.9. The molecule has 2 atom stereocenters. The van der Waals surface area contributed by atoms with Crippen molar-refractivity contribution in [3.8, 4) is 0 Å². The molecule has 0 aromatic heterocycles. The van der Waals surface area contributed by atoms with Gasteiger partial charge in [0.15, 0.2) is 0 Å². The molecule has 1 aliphatic rings. The van der Waals surface area contributed by atoms with Crippen molar-refractivity contribution in [3.05, 3.63) is 35.9 Å². The van der Waals surface area contributed by atoms with E-state index < -0.39 is 41.1 Å². The number of hydrogen-bond acceptors (Lipinski definition) is 5. The fourth-order valence-electron chi connectivity index (χ4n) is 3.00. The maximum atomic E-state index is 12.9. The van der Waals surface area contributed by atoms with E-state index in [9.17, 15) is 14.4 Å². The number of rotatable bonds is 3. The molecule has 27 heavy (non-hydrogen) atoms. The normalized spacial score (nSPS) is 20.5. The van der Waals surface area contributed by atoms with Crippen LogP contribution in [0.1, 0.15) is 53.5 Å². The second kappa shape index (κ2) is 7.71. The minimum absolute atomic E-state index is 0.224. The van der Waals surface area contributed by atoms with E-state index in [-0.39, 0.29) is 6.42 Å². The molecule has 1 aromatic rings. The molecule has 0 spiro atoms. The van der Waals surface area contributed by atoms with E-state index in [1.807, 2.05) is 30.3 Å². The Labute approximate surface area is 160 Å². The monoisotopic (exact) mass is 375 g/mol. The number of likely N-dealkylation sites (tertiary alicyclic amines) is 1. The van der Waals surface area contributed by atoms with Crippen molar-refractivity contribution in [2.75, 3.05) is 0 Å². The summed E-state index contributed by atoms with van der Waals surface area (Å²) in [5.41, 5.74) is -0.505. The van der Waals surface area contributed by atoms with Crippen molar-refractivity contribution in [2.24, 2.45) is 5.92 Å². The third-order valence-electron chi connectivity index (χ3n) is 4.00. The largest absolute Gasteiger partial charge is 0.458 e. The van der Waals surface area contributed by atoms with E-state index in [1.54, 1.807) is 41.5 Å². The van der Waals surface area contributed by atoms with Crippen molar-refractivity contribution >= 4 is 18.0 Å². The number of carbonyl (C=O) groups is 3. The van der Waals surface area contributed by atoms with Gasteiger partial charge in [0.2, 0.25) is 5.91 Å². The Morgan fingerprint density at radius 3 is 2.07 bits per heavy atom. The molecule has 1 heterocycles. The lowest BCUT2D eigenvalue weighted by atomic mass is 9.96. The fourth-order valence-corrected chi connectivity index (χ4v) is 3.00. The number of carbonyl (C=O) groups excluding carboxylic acids is 3. The summed E-state index contributed by atoms with van der Waals surface area (Å²) in [6.07, 6.45) is -0.126. The van der Waals surface area contributed by atoms with Crippen LogP contribution in [0, 0.1) is 5.92 Å². The molecule has 0 aliphatic carbocycles. The summed E-state index contributed by atoms with van der Waals surface area (Å²) >= 11 is 0. The van der Waals surface area contributed by atoms with Crippen molar-refractivity contribution in [1.82, 2.24) is 4.90 Å². The van der Waals surface area contributed by atoms with E-state index in [0.29, 0.717) is 6.42 Å². The summed E-state index contributed by atoms with van der Waals surface area (Å²) in [4.78, 5) is 39.2. The summed E-state index contributed by atoms with van der Waals surface area (Å²) in [6, 6.07) is 8.56. The number of nitrogens with zero attached hydrogens (tertiary/aromatic N) is 1. The first-order valence-electron chi connectivity index (χ1n) is 9.20. The number of imide groups is 1. The number of amides is 2. The van der Waals surface area contributed by atoms with Crippen LogP contribution in [-0.2, 0) is 25.5 Å². The molecule has 1 fully saturated rings. The quantitative estimate of drug-likeness (QED) is 0.753. The number of ether oxygens (including phenoxy) is 2. The third kappa shape index (κ3) is 5.81. The second-order valence-corrected chi connectivity index (χ2v) is 8.86. The van der Waals surface area contributed by atoms with Crippen LogP contribution < -0.4 is 0 Å². The Hall–Kier alpha value is -2.37. The van der Waals surface area contributed by atoms with Crippen molar-refractivity contribution in [2.45, 2.75) is 71.6 Å². The van der Waals surface area contributed by atoms with Crippen molar-refractivity contribution < 1.29 is 23.9 Å². The molecule has 2 rings (SSSR count). The van der Waals surface area contributed by atoms with Gasteiger partial charge in [0.1, 0.15) is 17.2 Å². The molecule has 1 aliphatic heterocycles. The Kier molecular flexibility index (Phi) is 5.97. The Morgan fingerprint density at radius 2 is 1.56 bits per heavy atom. The molecule has 0 N–H and O–H groups in total. The van der Waals surface area contributed by atoms with Gasteiger partial charge < -0.3 is 9.47 Å². The van der Waals surface area contributed by atoms with Gasteiger partial charge in [0.25, 0.3) is 0 Å². The fraction of sp³-hybridized carbons (Fsp3) is 0.571. The Morgan fingerprint density at radius 1 is 1.00 bits per heavy atom. The van der Waals surface area contributed by atoms with Crippen LogP contribution in [0.25, 0.3) is 0 Å². The smallest absolute Gasteiger partial charge is 0.417 e. The Bertz CT molecular complexity index is 700.